The van der Waals surface area contributed by atoms with Crippen LogP contribution in [0.4, 0.5) is 5.82 Å². The summed E-state index contributed by atoms with van der Waals surface area (Å²) >= 11 is 1.26. The highest BCUT2D eigenvalue weighted by molar-refractivity contribution is 7.91. The molecule has 2 aromatic rings. The molecule has 130 valence electrons. The number of nitrogens with zero attached hydrogens (tertiary/aromatic N) is 2. The summed E-state index contributed by atoms with van der Waals surface area (Å²) < 4.78 is 32.2. The van der Waals surface area contributed by atoms with Gasteiger partial charge < -0.3 is 9.84 Å². The first-order valence-electron chi connectivity index (χ1n) is 7.76. The fourth-order valence-electron chi connectivity index (χ4n) is 2.73. The lowest BCUT2D eigenvalue weighted by molar-refractivity contribution is -0.119. The minimum absolute atomic E-state index is 0.288. The van der Waals surface area contributed by atoms with E-state index in [1.165, 1.54) is 15.6 Å². The monoisotopic (exact) mass is 369 g/mol. The molecule has 3 heterocycles. The van der Waals surface area contributed by atoms with Gasteiger partial charge in [0.05, 0.1) is 0 Å². The molecule has 0 spiro atoms. The van der Waals surface area contributed by atoms with Crippen LogP contribution in [0.2, 0.25) is 0 Å². The maximum absolute atomic E-state index is 12.9. The van der Waals surface area contributed by atoms with Crippen LogP contribution in [0.3, 0.4) is 0 Å². The molecule has 0 bridgehead atoms. The molecule has 2 aromatic heterocycles. The Hall–Kier alpha value is -1.71. The fraction of sp³-hybridized carbons (Fsp3) is 0.467. The predicted octanol–water partition coefficient (Wildman–Crippen LogP) is 2.40. The summed E-state index contributed by atoms with van der Waals surface area (Å²) in [5, 5.41) is 6.34. The summed E-state index contributed by atoms with van der Waals surface area (Å²) in [6.45, 7) is 4.04. The van der Waals surface area contributed by atoms with Crippen molar-refractivity contribution in [2.75, 3.05) is 11.9 Å². The molecule has 1 atom stereocenters. The van der Waals surface area contributed by atoms with Gasteiger partial charge in [-0.3, -0.25) is 4.79 Å². The molecule has 1 N–H and O–H groups in total. The summed E-state index contributed by atoms with van der Waals surface area (Å²) in [6, 6.07) is 4.31. The molecule has 24 heavy (non-hydrogen) atoms. The summed E-state index contributed by atoms with van der Waals surface area (Å²) in [7, 11) is -3.66. The summed E-state index contributed by atoms with van der Waals surface area (Å²) in [6.07, 6.45) is 1.94. The Morgan fingerprint density at radius 3 is 2.92 bits per heavy atom. The number of hydrogen-bond donors (Lipinski definition) is 1. The highest BCUT2D eigenvalue weighted by Crippen LogP contribution is 2.31. The third-order valence-corrected chi connectivity index (χ3v) is 7.54. The van der Waals surface area contributed by atoms with Gasteiger partial charge in [-0.1, -0.05) is 12.1 Å². The van der Waals surface area contributed by atoms with Crippen molar-refractivity contribution in [3.63, 3.8) is 0 Å². The number of carbonyl (C=O) groups is 1. The lowest BCUT2D eigenvalue weighted by Gasteiger charge is -2.22. The second-order valence-electron chi connectivity index (χ2n) is 5.66. The number of aryl methyl sites for hydroxylation is 2. The third kappa shape index (κ3) is 3.24. The first-order chi connectivity index (χ1) is 11.4. The van der Waals surface area contributed by atoms with Gasteiger partial charge in [-0.25, -0.2) is 8.42 Å². The number of rotatable bonds is 5. The van der Waals surface area contributed by atoms with E-state index in [-0.39, 0.29) is 10.1 Å². The van der Waals surface area contributed by atoms with Gasteiger partial charge in [0.25, 0.3) is 10.0 Å². The molecule has 1 aliphatic rings. The average molecular weight is 369 g/mol. The maximum Gasteiger partial charge on any atom is 0.253 e. The summed E-state index contributed by atoms with van der Waals surface area (Å²) in [5.41, 5.74) is 0. The minimum atomic E-state index is -3.66. The Morgan fingerprint density at radius 1 is 1.50 bits per heavy atom. The van der Waals surface area contributed by atoms with Gasteiger partial charge in [-0.15, -0.1) is 11.3 Å². The number of aromatic nitrogens is 1. The zero-order chi connectivity index (χ0) is 17.3. The lowest BCUT2D eigenvalue weighted by Crippen LogP contribution is -2.42. The van der Waals surface area contributed by atoms with Crippen molar-refractivity contribution in [2.24, 2.45) is 0 Å². The van der Waals surface area contributed by atoms with Crippen LogP contribution < -0.4 is 5.32 Å². The summed E-state index contributed by atoms with van der Waals surface area (Å²) in [5.74, 6) is 0.495. The zero-order valence-electron chi connectivity index (χ0n) is 13.5. The maximum atomic E-state index is 12.9. The van der Waals surface area contributed by atoms with Crippen LogP contribution in [0.15, 0.2) is 26.9 Å². The number of nitrogens with one attached hydrogen (secondary N) is 1. The van der Waals surface area contributed by atoms with Gasteiger partial charge in [0, 0.05) is 17.5 Å². The van der Waals surface area contributed by atoms with E-state index in [2.05, 4.69) is 10.5 Å². The number of anilines is 1. The Balaban J connectivity index is 1.80. The van der Waals surface area contributed by atoms with Gasteiger partial charge in [-0.2, -0.15) is 4.31 Å². The van der Waals surface area contributed by atoms with Gasteiger partial charge in [0.2, 0.25) is 5.91 Å². The van der Waals surface area contributed by atoms with Crippen molar-refractivity contribution in [3.05, 3.63) is 28.8 Å². The molecular formula is C15H19N3O4S2. The van der Waals surface area contributed by atoms with E-state index in [4.69, 9.17) is 4.52 Å². The topological polar surface area (TPSA) is 92.5 Å². The number of carbonyl (C=O) groups excluding carboxylic acids is 1. The summed E-state index contributed by atoms with van der Waals surface area (Å²) in [4.78, 5) is 13.5. The van der Waals surface area contributed by atoms with E-state index in [0.717, 1.165) is 11.3 Å². The molecule has 7 nitrogen and oxygen atoms in total. The number of amides is 1. The van der Waals surface area contributed by atoms with E-state index in [0.29, 0.717) is 31.0 Å². The molecule has 1 amide bonds. The molecule has 3 rings (SSSR count). The van der Waals surface area contributed by atoms with Gasteiger partial charge in [-0.05, 0) is 38.3 Å². The van der Waals surface area contributed by atoms with Crippen LogP contribution in [0.5, 0.6) is 0 Å². The highest BCUT2D eigenvalue weighted by Gasteiger charge is 2.40. The third-order valence-electron chi connectivity index (χ3n) is 3.93. The smallest absolute Gasteiger partial charge is 0.253 e. The van der Waals surface area contributed by atoms with Crippen LogP contribution >= 0.6 is 11.3 Å². The van der Waals surface area contributed by atoms with Crippen molar-refractivity contribution in [1.29, 1.82) is 0 Å². The van der Waals surface area contributed by atoms with Crippen LogP contribution in [0.25, 0.3) is 0 Å². The van der Waals surface area contributed by atoms with Crippen LogP contribution in [0, 0.1) is 6.92 Å². The van der Waals surface area contributed by atoms with Crippen molar-refractivity contribution in [2.45, 2.75) is 43.4 Å². The van der Waals surface area contributed by atoms with E-state index >= 15 is 0 Å². The van der Waals surface area contributed by atoms with Crippen molar-refractivity contribution in [1.82, 2.24) is 9.46 Å². The van der Waals surface area contributed by atoms with Gasteiger partial charge >= 0.3 is 0 Å². The van der Waals surface area contributed by atoms with Crippen molar-refractivity contribution in [3.8, 4) is 0 Å². The average Bonchev–Trinajstić information content (AvgIpc) is 3.27. The van der Waals surface area contributed by atoms with E-state index in [1.807, 2.05) is 13.0 Å². The van der Waals surface area contributed by atoms with Crippen LogP contribution in [-0.2, 0) is 21.2 Å². The van der Waals surface area contributed by atoms with Crippen molar-refractivity contribution < 1.29 is 17.7 Å². The largest absolute Gasteiger partial charge is 0.360 e. The molecule has 0 saturated carbocycles. The SMILES string of the molecule is CCc1ccc(S(=O)(=O)N2CCC[C@H]2C(=O)Nc2cc(C)on2)s1. The highest BCUT2D eigenvalue weighted by atomic mass is 32.2. The van der Waals surface area contributed by atoms with Crippen LogP contribution in [0.1, 0.15) is 30.4 Å². The number of sulfonamides is 1. The second-order valence-corrected chi connectivity index (χ2v) is 8.95. The number of thiophene rings is 1. The molecule has 0 radical (unpaired) electrons. The molecule has 0 unspecified atom stereocenters. The Morgan fingerprint density at radius 2 is 2.29 bits per heavy atom. The molecule has 1 fully saturated rings. The Labute approximate surface area is 144 Å². The normalized spacial score (nSPS) is 18.8. The molecule has 1 aliphatic heterocycles. The lowest BCUT2D eigenvalue weighted by atomic mass is 10.2. The first kappa shape index (κ1) is 17.1. The minimum Gasteiger partial charge on any atom is -0.360 e. The van der Waals surface area contributed by atoms with Gasteiger partial charge in [0.15, 0.2) is 5.82 Å². The predicted molar refractivity (Wildman–Crippen MR) is 90.5 cm³/mol. The molecule has 9 heteroatoms. The molecule has 0 aromatic carbocycles. The van der Waals surface area contributed by atoms with Crippen LogP contribution in [-0.4, -0.2) is 36.4 Å². The van der Waals surface area contributed by atoms with Crippen molar-refractivity contribution >= 4 is 33.1 Å². The first-order valence-corrected chi connectivity index (χ1v) is 10.0. The standard InChI is InChI=1S/C15H19N3O4S2/c1-3-11-6-7-14(23-11)24(20,21)18-8-4-5-12(18)15(19)16-13-9-10(2)22-17-13/h6-7,9,12H,3-5,8H2,1-2H3,(H,16,17,19)/t12-/m0/s1. The molecule has 1 saturated heterocycles. The Kier molecular flexibility index (Phi) is 4.75. The van der Waals surface area contributed by atoms with E-state index in [1.54, 1.807) is 19.1 Å². The molecular weight excluding hydrogens is 350 g/mol. The second kappa shape index (κ2) is 6.66. The van der Waals surface area contributed by atoms with E-state index < -0.39 is 16.1 Å². The Bertz CT molecular complexity index is 841. The number of hydrogen-bond acceptors (Lipinski definition) is 6. The van der Waals surface area contributed by atoms with Gasteiger partial charge in [0.1, 0.15) is 16.0 Å². The zero-order valence-corrected chi connectivity index (χ0v) is 15.1. The van der Waals surface area contributed by atoms with E-state index in [9.17, 15) is 13.2 Å². The fourth-order valence-corrected chi connectivity index (χ4v) is 5.81. The molecule has 0 aliphatic carbocycles. The quantitative estimate of drug-likeness (QED) is 0.874.